The van der Waals surface area contributed by atoms with Gasteiger partial charge in [0.15, 0.2) is 0 Å². The molecular weight excluding hydrogens is 196 g/mol. The van der Waals surface area contributed by atoms with Crippen molar-refractivity contribution in [2.75, 3.05) is 26.1 Å². The van der Waals surface area contributed by atoms with Crippen LogP contribution in [0.5, 0.6) is 5.75 Å². The maximum Gasteiger partial charge on any atom is 0.240 e. The Morgan fingerprint density at radius 2 is 2.20 bits per heavy atom. The molecule has 5 heteroatoms. The Morgan fingerprint density at radius 1 is 1.40 bits per heavy atom. The van der Waals surface area contributed by atoms with Crippen LogP contribution in [-0.4, -0.2) is 26.7 Å². The van der Waals surface area contributed by atoms with Crippen molar-refractivity contribution in [2.45, 2.75) is 0 Å². The van der Waals surface area contributed by atoms with Gasteiger partial charge in [0.25, 0.3) is 0 Å². The highest BCUT2D eigenvalue weighted by atomic mass is 16.6. The molecule has 0 heterocycles. The van der Waals surface area contributed by atoms with Gasteiger partial charge in [-0.3, -0.25) is 4.79 Å². The van der Waals surface area contributed by atoms with Crippen LogP contribution in [0.2, 0.25) is 0 Å². The number of ether oxygens (including phenoxy) is 1. The molecule has 0 fully saturated rings. The molecule has 1 aromatic carbocycles. The Labute approximate surface area is 88.3 Å². The van der Waals surface area contributed by atoms with Gasteiger partial charge in [-0.25, -0.2) is 0 Å². The van der Waals surface area contributed by atoms with Crippen LogP contribution in [0.4, 0.5) is 5.69 Å². The van der Waals surface area contributed by atoms with E-state index in [1.165, 1.54) is 7.11 Å². The SMILES string of the molecule is CONCC(=O)Nc1cccc(OC)c1. The van der Waals surface area contributed by atoms with Crippen molar-refractivity contribution in [2.24, 2.45) is 0 Å². The summed E-state index contributed by atoms with van der Waals surface area (Å²) >= 11 is 0. The van der Waals surface area contributed by atoms with Gasteiger partial charge in [-0.15, -0.1) is 0 Å². The van der Waals surface area contributed by atoms with Crippen molar-refractivity contribution in [3.05, 3.63) is 24.3 Å². The number of amides is 1. The lowest BCUT2D eigenvalue weighted by atomic mass is 10.3. The van der Waals surface area contributed by atoms with Crippen LogP contribution in [-0.2, 0) is 9.63 Å². The summed E-state index contributed by atoms with van der Waals surface area (Å²) in [4.78, 5) is 15.8. The molecule has 0 saturated carbocycles. The van der Waals surface area contributed by atoms with Crippen LogP contribution in [0.1, 0.15) is 0 Å². The molecular formula is C10H14N2O3. The van der Waals surface area contributed by atoms with Gasteiger partial charge < -0.3 is 14.9 Å². The molecule has 0 aliphatic carbocycles. The maximum atomic E-state index is 11.3. The number of hydrogen-bond donors (Lipinski definition) is 2. The van der Waals surface area contributed by atoms with E-state index >= 15 is 0 Å². The van der Waals surface area contributed by atoms with Gasteiger partial charge in [0.2, 0.25) is 5.91 Å². The Bertz CT molecular complexity index is 328. The first kappa shape index (κ1) is 11.5. The zero-order valence-corrected chi connectivity index (χ0v) is 8.74. The summed E-state index contributed by atoms with van der Waals surface area (Å²) in [6.45, 7) is 0.105. The number of benzene rings is 1. The van der Waals surface area contributed by atoms with E-state index in [0.717, 1.165) is 0 Å². The molecule has 0 saturated heterocycles. The third-order valence-corrected chi connectivity index (χ3v) is 1.73. The molecule has 82 valence electrons. The Kier molecular flexibility index (Phi) is 4.59. The number of nitrogens with one attached hydrogen (secondary N) is 2. The minimum atomic E-state index is -0.176. The molecule has 0 spiro atoms. The number of anilines is 1. The normalized spacial score (nSPS) is 9.73. The standard InChI is InChI=1S/C10H14N2O3/c1-14-9-5-3-4-8(6-9)12-10(13)7-11-15-2/h3-6,11H,7H2,1-2H3,(H,12,13). The number of rotatable bonds is 5. The van der Waals surface area contributed by atoms with Gasteiger partial charge in [-0.2, -0.15) is 5.48 Å². The summed E-state index contributed by atoms with van der Waals surface area (Å²) in [5.41, 5.74) is 3.15. The number of carbonyl (C=O) groups is 1. The third-order valence-electron chi connectivity index (χ3n) is 1.73. The molecule has 0 bridgehead atoms. The first-order valence-electron chi connectivity index (χ1n) is 4.46. The summed E-state index contributed by atoms with van der Waals surface area (Å²) in [6, 6.07) is 7.14. The molecule has 15 heavy (non-hydrogen) atoms. The van der Waals surface area contributed by atoms with Crippen LogP contribution >= 0.6 is 0 Å². The zero-order chi connectivity index (χ0) is 11.1. The molecule has 5 nitrogen and oxygen atoms in total. The average Bonchev–Trinajstić information content (AvgIpc) is 2.26. The molecule has 0 unspecified atom stereocenters. The quantitative estimate of drug-likeness (QED) is 0.705. The van der Waals surface area contributed by atoms with Gasteiger partial charge in [0, 0.05) is 11.8 Å². The molecule has 0 aliphatic heterocycles. The van der Waals surface area contributed by atoms with Crippen molar-refractivity contribution in [1.82, 2.24) is 5.48 Å². The van der Waals surface area contributed by atoms with Crippen LogP contribution in [0.15, 0.2) is 24.3 Å². The fourth-order valence-corrected chi connectivity index (χ4v) is 1.04. The Balaban J connectivity index is 2.52. The number of hydrogen-bond acceptors (Lipinski definition) is 4. The molecule has 2 N–H and O–H groups in total. The van der Waals surface area contributed by atoms with Gasteiger partial charge in [0.1, 0.15) is 12.3 Å². The van der Waals surface area contributed by atoms with E-state index in [0.29, 0.717) is 11.4 Å². The fourth-order valence-electron chi connectivity index (χ4n) is 1.04. The number of carbonyl (C=O) groups excluding carboxylic acids is 1. The van der Waals surface area contributed by atoms with Crippen LogP contribution in [0.25, 0.3) is 0 Å². The largest absolute Gasteiger partial charge is 0.497 e. The molecule has 1 amide bonds. The highest BCUT2D eigenvalue weighted by Crippen LogP contribution is 2.16. The van der Waals surface area contributed by atoms with E-state index in [1.807, 2.05) is 6.07 Å². The zero-order valence-electron chi connectivity index (χ0n) is 8.74. The average molecular weight is 210 g/mol. The molecule has 0 aromatic heterocycles. The fraction of sp³-hybridized carbons (Fsp3) is 0.300. The lowest BCUT2D eigenvalue weighted by Crippen LogP contribution is -2.27. The predicted molar refractivity (Wildman–Crippen MR) is 56.6 cm³/mol. The Morgan fingerprint density at radius 3 is 2.87 bits per heavy atom. The van der Waals surface area contributed by atoms with Gasteiger partial charge >= 0.3 is 0 Å². The first-order chi connectivity index (χ1) is 7.26. The highest BCUT2D eigenvalue weighted by molar-refractivity contribution is 5.92. The first-order valence-corrected chi connectivity index (χ1v) is 4.46. The van der Waals surface area contributed by atoms with Crippen LogP contribution in [0.3, 0.4) is 0 Å². The van der Waals surface area contributed by atoms with E-state index in [4.69, 9.17) is 4.74 Å². The molecule has 0 aliphatic rings. The lowest BCUT2D eigenvalue weighted by molar-refractivity contribution is -0.117. The smallest absolute Gasteiger partial charge is 0.240 e. The number of hydroxylamine groups is 1. The van der Waals surface area contributed by atoms with E-state index in [-0.39, 0.29) is 12.5 Å². The highest BCUT2D eigenvalue weighted by Gasteiger charge is 2.01. The number of methoxy groups -OCH3 is 1. The second kappa shape index (κ2) is 6.00. The summed E-state index contributed by atoms with van der Waals surface area (Å²) in [5, 5.41) is 2.69. The summed E-state index contributed by atoms with van der Waals surface area (Å²) in [7, 11) is 3.03. The van der Waals surface area contributed by atoms with Crippen molar-refractivity contribution in [3.63, 3.8) is 0 Å². The lowest BCUT2D eigenvalue weighted by Gasteiger charge is -2.06. The minimum absolute atomic E-state index is 0.105. The van der Waals surface area contributed by atoms with Crippen molar-refractivity contribution >= 4 is 11.6 Å². The van der Waals surface area contributed by atoms with E-state index in [2.05, 4.69) is 15.6 Å². The van der Waals surface area contributed by atoms with Crippen LogP contribution in [0, 0.1) is 0 Å². The molecule has 0 radical (unpaired) electrons. The van der Waals surface area contributed by atoms with Gasteiger partial charge in [-0.05, 0) is 12.1 Å². The molecule has 0 atom stereocenters. The third kappa shape index (κ3) is 3.97. The minimum Gasteiger partial charge on any atom is -0.497 e. The van der Waals surface area contributed by atoms with E-state index in [9.17, 15) is 4.79 Å². The summed E-state index contributed by atoms with van der Waals surface area (Å²) in [6.07, 6.45) is 0. The maximum absolute atomic E-state index is 11.3. The van der Waals surface area contributed by atoms with Gasteiger partial charge in [-0.1, -0.05) is 6.07 Å². The van der Waals surface area contributed by atoms with Gasteiger partial charge in [0.05, 0.1) is 14.2 Å². The second-order valence-electron chi connectivity index (χ2n) is 2.81. The van der Waals surface area contributed by atoms with E-state index < -0.39 is 0 Å². The van der Waals surface area contributed by atoms with Crippen molar-refractivity contribution in [1.29, 1.82) is 0 Å². The van der Waals surface area contributed by atoms with Crippen LogP contribution < -0.4 is 15.5 Å². The Hall–Kier alpha value is -1.59. The monoisotopic (exact) mass is 210 g/mol. The topological polar surface area (TPSA) is 59.6 Å². The van der Waals surface area contributed by atoms with Crippen molar-refractivity contribution in [3.8, 4) is 5.75 Å². The summed E-state index contributed by atoms with van der Waals surface area (Å²) in [5.74, 6) is 0.526. The molecule has 1 aromatic rings. The predicted octanol–water partition coefficient (Wildman–Crippen LogP) is 0.785. The summed E-state index contributed by atoms with van der Waals surface area (Å²) < 4.78 is 5.03. The van der Waals surface area contributed by atoms with Crippen molar-refractivity contribution < 1.29 is 14.4 Å². The van der Waals surface area contributed by atoms with E-state index in [1.54, 1.807) is 25.3 Å². The molecule has 1 rings (SSSR count). The second-order valence-corrected chi connectivity index (χ2v) is 2.81.